The van der Waals surface area contributed by atoms with Gasteiger partial charge in [-0.3, -0.25) is 4.79 Å². The second-order valence-corrected chi connectivity index (χ2v) is 8.89. The van der Waals surface area contributed by atoms with Gasteiger partial charge in [0.05, 0.1) is 18.6 Å². The summed E-state index contributed by atoms with van der Waals surface area (Å²) in [4.78, 5) is 28.0. The fourth-order valence-corrected chi connectivity index (χ4v) is 4.11. The maximum absolute atomic E-state index is 15.1. The van der Waals surface area contributed by atoms with Crippen LogP contribution < -0.4 is 10.6 Å². The SMILES string of the molecule is O=C(Cc1ccc(-c2cnc3[nH]c(-c4ccc(NCCO)nc4)cc3c2)c(F)c1)Nc1cc(C(F)(F)F)ccn1. The number of nitrogens with zero attached hydrogens (tertiary/aromatic N) is 3. The van der Waals surface area contributed by atoms with E-state index in [9.17, 15) is 18.0 Å². The van der Waals surface area contributed by atoms with Crippen molar-refractivity contribution in [3.63, 3.8) is 0 Å². The lowest BCUT2D eigenvalue weighted by molar-refractivity contribution is -0.137. The molecule has 4 N–H and O–H groups in total. The fourth-order valence-electron chi connectivity index (χ4n) is 4.11. The lowest BCUT2D eigenvalue weighted by Gasteiger charge is -2.10. The van der Waals surface area contributed by atoms with Gasteiger partial charge in [0.25, 0.3) is 0 Å². The molecule has 0 radical (unpaired) electrons. The van der Waals surface area contributed by atoms with Gasteiger partial charge in [-0.1, -0.05) is 12.1 Å². The van der Waals surface area contributed by atoms with E-state index in [0.29, 0.717) is 29.1 Å². The minimum absolute atomic E-state index is 0.000869. The zero-order valence-corrected chi connectivity index (χ0v) is 20.8. The number of aromatic nitrogens is 4. The Kier molecular flexibility index (Phi) is 7.43. The van der Waals surface area contributed by atoms with Crippen LogP contribution in [-0.2, 0) is 17.4 Å². The highest BCUT2D eigenvalue weighted by molar-refractivity contribution is 5.91. The van der Waals surface area contributed by atoms with E-state index in [0.717, 1.165) is 35.0 Å². The van der Waals surface area contributed by atoms with Gasteiger partial charge < -0.3 is 20.7 Å². The van der Waals surface area contributed by atoms with Crippen molar-refractivity contribution in [3.05, 3.63) is 90.1 Å². The molecule has 0 fully saturated rings. The number of aromatic amines is 1. The average molecular weight is 551 g/mol. The summed E-state index contributed by atoms with van der Waals surface area (Å²) in [5, 5.41) is 15.0. The van der Waals surface area contributed by atoms with Gasteiger partial charge in [-0.05, 0) is 48.0 Å². The number of rotatable bonds is 8. The zero-order chi connectivity index (χ0) is 28.3. The highest BCUT2D eigenvalue weighted by Gasteiger charge is 2.30. The number of hydrogen-bond donors (Lipinski definition) is 4. The Hall–Kier alpha value is -4.84. The molecule has 40 heavy (non-hydrogen) atoms. The molecule has 0 aliphatic carbocycles. The monoisotopic (exact) mass is 550 g/mol. The maximum atomic E-state index is 15.1. The number of carbonyl (C=O) groups excluding carboxylic acids is 1. The van der Waals surface area contributed by atoms with Crippen LogP contribution >= 0.6 is 0 Å². The summed E-state index contributed by atoms with van der Waals surface area (Å²) in [6.45, 7) is 0.395. The Morgan fingerprint density at radius 2 is 1.75 bits per heavy atom. The van der Waals surface area contributed by atoms with E-state index in [1.165, 1.54) is 18.3 Å². The number of alkyl halides is 3. The van der Waals surface area contributed by atoms with E-state index < -0.39 is 23.5 Å². The molecule has 4 heterocycles. The number of fused-ring (bicyclic) bond motifs is 1. The summed E-state index contributed by atoms with van der Waals surface area (Å²) < 4.78 is 53.7. The van der Waals surface area contributed by atoms with Crippen LogP contribution in [0, 0.1) is 5.82 Å². The lowest BCUT2D eigenvalue weighted by atomic mass is 10.0. The minimum atomic E-state index is -4.57. The smallest absolute Gasteiger partial charge is 0.395 e. The van der Waals surface area contributed by atoms with Crippen molar-refractivity contribution in [1.29, 1.82) is 0 Å². The number of benzene rings is 1. The number of aliphatic hydroxyl groups excluding tert-OH is 1. The maximum Gasteiger partial charge on any atom is 0.416 e. The lowest BCUT2D eigenvalue weighted by Crippen LogP contribution is -2.16. The molecule has 4 aromatic heterocycles. The van der Waals surface area contributed by atoms with E-state index in [2.05, 4.69) is 30.6 Å². The molecule has 5 rings (SSSR count). The van der Waals surface area contributed by atoms with Crippen molar-refractivity contribution in [2.45, 2.75) is 12.6 Å². The summed E-state index contributed by atoms with van der Waals surface area (Å²) in [6, 6.07) is 13.2. The molecular formula is C28H22F4N6O2. The van der Waals surface area contributed by atoms with Gasteiger partial charge in [0.1, 0.15) is 23.1 Å². The fraction of sp³-hybridized carbons (Fsp3) is 0.143. The van der Waals surface area contributed by atoms with Crippen LogP contribution in [0.1, 0.15) is 11.1 Å². The van der Waals surface area contributed by atoms with Crippen LogP contribution in [0.5, 0.6) is 0 Å². The topological polar surface area (TPSA) is 116 Å². The number of pyridine rings is 3. The van der Waals surface area contributed by atoms with Gasteiger partial charge in [-0.15, -0.1) is 0 Å². The number of nitrogens with one attached hydrogen (secondary N) is 3. The van der Waals surface area contributed by atoms with Crippen molar-refractivity contribution >= 4 is 28.6 Å². The standard InChI is InChI=1S/C28H22F4N6O2/c29-22-9-16(10-26(40)38-25-13-20(5-6-33-25)28(30,31)32)1-3-21(22)19-11-18-12-23(37-27(18)36-15-19)17-2-4-24(35-14-17)34-7-8-39/h1-6,9,11-15,39H,7-8,10H2,(H,34,35)(H,36,37)(H,33,38,40). The minimum Gasteiger partial charge on any atom is -0.395 e. The normalized spacial score (nSPS) is 11.5. The van der Waals surface area contributed by atoms with Gasteiger partial charge in [0, 0.05) is 52.9 Å². The largest absolute Gasteiger partial charge is 0.416 e. The molecule has 8 nitrogen and oxygen atoms in total. The van der Waals surface area contributed by atoms with Gasteiger partial charge in [0.15, 0.2) is 0 Å². The Morgan fingerprint density at radius 3 is 2.48 bits per heavy atom. The van der Waals surface area contributed by atoms with Crippen LogP contribution in [0.15, 0.2) is 73.2 Å². The second kappa shape index (κ2) is 11.1. The number of amides is 1. The van der Waals surface area contributed by atoms with Crippen LogP contribution in [0.3, 0.4) is 0 Å². The molecule has 1 amide bonds. The number of carbonyl (C=O) groups is 1. The predicted molar refractivity (Wildman–Crippen MR) is 142 cm³/mol. The first-order valence-corrected chi connectivity index (χ1v) is 12.1. The first-order valence-electron chi connectivity index (χ1n) is 12.1. The molecule has 12 heteroatoms. The molecule has 5 aromatic rings. The Morgan fingerprint density at radius 1 is 0.925 bits per heavy atom. The van der Waals surface area contributed by atoms with Gasteiger partial charge in [-0.2, -0.15) is 13.2 Å². The van der Waals surface area contributed by atoms with Crippen molar-refractivity contribution in [2.75, 3.05) is 23.8 Å². The average Bonchev–Trinajstić information content (AvgIpc) is 3.35. The molecule has 0 saturated carbocycles. The van der Waals surface area contributed by atoms with Crippen LogP contribution in [0.2, 0.25) is 0 Å². The summed E-state index contributed by atoms with van der Waals surface area (Å²) in [5.74, 6) is -0.812. The predicted octanol–water partition coefficient (Wildman–Crippen LogP) is 5.43. The molecular weight excluding hydrogens is 528 g/mol. The first kappa shape index (κ1) is 26.8. The summed E-state index contributed by atoms with van der Waals surface area (Å²) in [6.07, 6.45) is -0.648. The third-order valence-corrected chi connectivity index (χ3v) is 6.03. The number of halogens is 4. The number of H-pyrrole nitrogens is 1. The number of aliphatic hydroxyl groups is 1. The highest BCUT2D eigenvalue weighted by atomic mass is 19.4. The molecule has 0 aliphatic rings. The summed E-state index contributed by atoms with van der Waals surface area (Å²) in [5.41, 5.74) is 2.42. The molecule has 0 aliphatic heterocycles. The van der Waals surface area contributed by atoms with Crippen molar-refractivity contribution in [2.24, 2.45) is 0 Å². The third kappa shape index (κ3) is 6.07. The van der Waals surface area contributed by atoms with Gasteiger partial charge >= 0.3 is 6.18 Å². The second-order valence-electron chi connectivity index (χ2n) is 8.89. The van der Waals surface area contributed by atoms with Gasteiger partial charge in [0.2, 0.25) is 5.91 Å². The zero-order valence-electron chi connectivity index (χ0n) is 20.8. The Labute approximate surface area is 225 Å². The van der Waals surface area contributed by atoms with Crippen molar-refractivity contribution in [3.8, 4) is 22.4 Å². The van der Waals surface area contributed by atoms with Crippen LogP contribution in [0.4, 0.5) is 29.2 Å². The van der Waals surface area contributed by atoms with Crippen molar-refractivity contribution < 1.29 is 27.5 Å². The molecule has 204 valence electrons. The molecule has 1 aromatic carbocycles. The highest BCUT2D eigenvalue weighted by Crippen LogP contribution is 2.31. The molecule has 0 atom stereocenters. The third-order valence-electron chi connectivity index (χ3n) is 6.03. The van der Waals surface area contributed by atoms with Crippen LogP contribution in [-0.4, -0.2) is 44.1 Å². The number of anilines is 2. The Bertz CT molecular complexity index is 1670. The summed E-state index contributed by atoms with van der Waals surface area (Å²) >= 11 is 0. The Balaban J connectivity index is 1.29. The van der Waals surface area contributed by atoms with Crippen molar-refractivity contribution in [1.82, 2.24) is 19.9 Å². The van der Waals surface area contributed by atoms with E-state index in [-0.39, 0.29) is 24.4 Å². The quantitative estimate of drug-likeness (QED) is 0.192. The number of hydrogen-bond acceptors (Lipinski definition) is 6. The van der Waals surface area contributed by atoms with Gasteiger partial charge in [-0.25, -0.2) is 19.3 Å². The molecule has 0 unspecified atom stereocenters. The molecule has 0 saturated heterocycles. The van der Waals surface area contributed by atoms with E-state index in [4.69, 9.17) is 5.11 Å². The molecule has 0 bridgehead atoms. The molecule has 0 spiro atoms. The summed E-state index contributed by atoms with van der Waals surface area (Å²) in [7, 11) is 0. The van der Waals surface area contributed by atoms with Crippen LogP contribution in [0.25, 0.3) is 33.4 Å². The van der Waals surface area contributed by atoms with E-state index in [1.807, 2.05) is 12.1 Å². The van der Waals surface area contributed by atoms with E-state index >= 15 is 4.39 Å². The first-order chi connectivity index (χ1) is 19.2. The van der Waals surface area contributed by atoms with E-state index in [1.54, 1.807) is 24.4 Å².